The van der Waals surface area contributed by atoms with Gasteiger partial charge in [-0.25, -0.2) is 0 Å². The normalized spacial score (nSPS) is 29.2. The summed E-state index contributed by atoms with van der Waals surface area (Å²) in [4.78, 5) is 0. The van der Waals surface area contributed by atoms with Crippen molar-refractivity contribution in [3.63, 3.8) is 0 Å². The molecular formula is C27H30O4P2. The largest absolute Gasteiger partial charge is 0.448 e. The van der Waals surface area contributed by atoms with E-state index in [1.807, 2.05) is 67.6 Å². The molecular weight excluding hydrogens is 450 g/mol. The lowest BCUT2D eigenvalue weighted by molar-refractivity contribution is 0.405. The van der Waals surface area contributed by atoms with Crippen molar-refractivity contribution in [1.82, 2.24) is 0 Å². The molecule has 2 aliphatic heterocycles. The number of hydrogen-bond donors (Lipinski definition) is 0. The number of benzene rings is 1. The maximum atomic E-state index is 14.3. The summed E-state index contributed by atoms with van der Waals surface area (Å²) >= 11 is 0. The van der Waals surface area contributed by atoms with E-state index in [0.29, 0.717) is 23.9 Å². The van der Waals surface area contributed by atoms with Gasteiger partial charge in [0, 0.05) is 23.2 Å². The van der Waals surface area contributed by atoms with Crippen molar-refractivity contribution >= 4 is 26.1 Å². The van der Waals surface area contributed by atoms with Gasteiger partial charge in [0.1, 0.15) is 5.76 Å². The van der Waals surface area contributed by atoms with Crippen LogP contribution in [-0.2, 0) is 18.2 Å². The quantitative estimate of drug-likeness (QED) is 0.307. The molecule has 2 atom stereocenters. The van der Waals surface area contributed by atoms with Gasteiger partial charge in [0.25, 0.3) is 14.7 Å². The molecule has 0 radical (unpaired) electrons. The molecule has 1 aromatic rings. The second-order valence-electron chi connectivity index (χ2n) is 8.28. The van der Waals surface area contributed by atoms with Crippen molar-refractivity contribution in [2.75, 3.05) is 12.3 Å². The zero-order valence-electron chi connectivity index (χ0n) is 19.0. The van der Waals surface area contributed by atoms with Gasteiger partial charge in [-0.3, -0.25) is 9.13 Å². The molecule has 2 heterocycles. The summed E-state index contributed by atoms with van der Waals surface area (Å²) in [6.45, 7) is 5.85. The molecule has 0 amide bonds. The summed E-state index contributed by atoms with van der Waals surface area (Å²) in [6, 6.07) is 7.52. The van der Waals surface area contributed by atoms with Crippen LogP contribution in [0.5, 0.6) is 0 Å². The zero-order chi connectivity index (χ0) is 23.3. The molecule has 0 saturated carbocycles. The van der Waals surface area contributed by atoms with E-state index in [1.165, 1.54) is 6.26 Å². The lowest BCUT2D eigenvalue weighted by atomic mass is 9.97. The van der Waals surface area contributed by atoms with Gasteiger partial charge >= 0.3 is 0 Å². The minimum atomic E-state index is -3.34. The van der Waals surface area contributed by atoms with Crippen LogP contribution in [0.3, 0.4) is 0 Å². The van der Waals surface area contributed by atoms with E-state index in [1.54, 1.807) is 6.08 Å². The molecule has 0 N–H and O–H groups in total. The fourth-order valence-corrected chi connectivity index (χ4v) is 10.1. The fraction of sp³-hybridized carbons (Fsp3) is 0.259. The Kier molecular flexibility index (Phi) is 7.27. The van der Waals surface area contributed by atoms with E-state index in [0.717, 1.165) is 34.9 Å². The Bertz CT molecular complexity index is 1210. The summed E-state index contributed by atoms with van der Waals surface area (Å²) in [5.41, 5.74) is 2.90. The Labute approximate surface area is 196 Å². The monoisotopic (exact) mass is 480 g/mol. The van der Waals surface area contributed by atoms with Crippen LogP contribution in [-0.4, -0.2) is 12.3 Å². The van der Waals surface area contributed by atoms with Crippen LogP contribution in [0.15, 0.2) is 102 Å². The van der Waals surface area contributed by atoms with Gasteiger partial charge in [0.2, 0.25) is 0 Å². The smallest absolute Gasteiger partial charge is 0.277 e. The standard InChI is InChI=1S/C27H30O4P2/c1-3-4-17-26-22(2)24-15-9-10-16-25(24)31-33(26,29)21-20-32(28)27-18-11-8-14-23(27)13-7-5-6-12-19-30-32/h3,5-8,11-16,18-19H,1,4,9-10,17,20-21H2,2H3/b6-5-,13-7+,19-12+. The van der Waals surface area contributed by atoms with Crippen LogP contribution in [0.1, 0.15) is 38.2 Å². The van der Waals surface area contributed by atoms with Gasteiger partial charge in [-0.1, -0.05) is 54.7 Å². The first-order chi connectivity index (χ1) is 16.0. The summed E-state index contributed by atoms with van der Waals surface area (Å²) in [5.74, 6) is 0.697. The molecule has 0 bridgehead atoms. The SMILES string of the molecule is C=CCCC1=C(C)C2=CCCC=C2OP1(=O)CCP1(=O)O/C=C/C=C\C=C\c2ccccc21. The molecule has 1 aromatic carbocycles. The number of hydrogen-bond acceptors (Lipinski definition) is 4. The zero-order valence-corrected chi connectivity index (χ0v) is 20.8. The maximum absolute atomic E-state index is 14.3. The van der Waals surface area contributed by atoms with Gasteiger partial charge in [-0.2, -0.15) is 0 Å². The molecule has 2 unspecified atom stereocenters. The topological polar surface area (TPSA) is 52.6 Å². The van der Waals surface area contributed by atoms with Crippen molar-refractivity contribution in [3.05, 3.63) is 107 Å². The minimum Gasteiger partial charge on any atom is -0.448 e. The molecule has 33 heavy (non-hydrogen) atoms. The third-order valence-electron chi connectivity index (χ3n) is 6.10. The first-order valence-electron chi connectivity index (χ1n) is 11.3. The van der Waals surface area contributed by atoms with Crippen LogP contribution < -0.4 is 5.30 Å². The predicted octanol–water partition coefficient (Wildman–Crippen LogP) is 7.86. The van der Waals surface area contributed by atoms with E-state index in [9.17, 15) is 9.13 Å². The summed E-state index contributed by atoms with van der Waals surface area (Å²) < 4.78 is 40.6. The second-order valence-corrected chi connectivity index (χ2v) is 13.3. The second kappa shape index (κ2) is 10.2. The highest BCUT2D eigenvalue weighted by Gasteiger charge is 2.41. The third-order valence-corrected chi connectivity index (χ3v) is 11.6. The third kappa shape index (κ3) is 5.03. The van der Waals surface area contributed by atoms with E-state index in [4.69, 9.17) is 9.05 Å². The van der Waals surface area contributed by atoms with Crippen molar-refractivity contribution in [3.8, 4) is 0 Å². The molecule has 0 spiro atoms. The van der Waals surface area contributed by atoms with Crippen molar-refractivity contribution in [2.45, 2.75) is 32.6 Å². The maximum Gasteiger partial charge on any atom is 0.277 e. The molecule has 4 rings (SSSR count). The van der Waals surface area contributed by atoms with Crippen LogP contribution in [0.25, 0.3) is 6.08 Å². The summed E-state index contributed by atoms with van der Waals surface area (Å²) in [6.07, 6.45) is 20.2. The lowest BCUT2D eigenvalue weighted by Gasteiger charge is -2.34. The minimum absolute atomic E-state index is 0.125. The number of rotatable bonds is 6. The highest BCUT2D eigenvalue weighted by molar-refractivity contribution is 7.69. The Hall–Kier alpha value is -2.54. The molecule has 0 aromatic heterocycles. The van der Waals surface area contributed by atoms with Gasteiger partial charge in [0.15, 0.2) is 0 Å². The predicted molar refractivity (Wildman–Crippen MR) is 138 cm³/mol. The van der Waals surface area contributed by atoms with E-state index in [2.05, 4.69) is 12.7 Å². The van der Waals surface area contributed by atoms with E-state index >= 15 is 0 Å². The molecule has 4 nitrogen and oxygen atoms in total. The summed E-state index contributed by atoms with van der Waals surface area (Å²) in [7, 11) is -6.59. The Morgan fingerprint density at radius 2 is 1.76 bits per heavy atom. The Balaban J connectivity index is 1.71. The molecule has 3 aliphatic rings. The van der Waals surface area contributed by atoms with Crippen molar-refractivity contribution in [2.24, 2.45) is 0 Å². The first-order valence-corrected chi connectivity index (χ1v) is 15.0. The van der Waals surface area contributed by atoms with Gasteiger partial charge < -0.3 is 9.05 Å². The van der Waals surface area contributed by atoms with Gasteiger partial charge in [-0.15, -0.1) is 6.58 Å². The van der Waals surface area contributed by atoms with Crippen molar-refractivity contribution < 1.29 is 18.2 Å². The highest BCUT2D eigenvalue weighted by Crippen LogP contribution is 2.66. The molecule has 1 aliphatic carbocycles. The Morgan fingerprint density at radius 3 is 2.61 bits per heavy atom. The highest BCUT2D eigenvalue weighted by atomic mass is 31.2. The lowest BCUT2D eigenvalue weighted by Crippen LogP contribution is -2.17. The summed E-state index contributed by atoms with van der Waals surface area (Å²) in [5, 5.41) is 1.46. The van der Waals surface area contributed by atoms with Crippen LogP contribution in [0, 0.1) is 0 Å². The fourth-order valence-electron chi connectivity index (χ4n) is 4.38. The average Bonchev–Trinajstić information content (AvgIpc) is 2.82. The number of fused-ring (bicyclic) bond motifs is 2. The average molecular weight is 480 g/mol. The number of allylic oxidation sites excluding steroid dienone is 9. The van der Waals surface area contributed by atoms with E-state index in [-0.39, 0.29) is 12.3 Å². The van der Waals surface area contributed by atoms with Crippen LogP contribution in [0.2, 0.25) is 0 Å². The van der Waals surface area contributed by atoms with E-state index < -0.39 is 14.7 Å². The van der Waals surface area contributed by atoms with Gasteiger partial charge in [0.05, 0.1) is 11.6 Å². The van der Waals surface area contributed by atoms with Crippen molar-refractivity contribution in [1.29, 1.82) is 0 Å². The molecule has 172 valence electrons. The van der Waals surface area contributed by atoms with Gasteiger partial charge in [-0.05, 0) is 62.0 Å². The van der Waals surface area contributed by atoms with Crippen LogP contribution in [0.4, 0.5) is 0 Å². The molecule has 0 fully saturated rings. The Morgan fingerprint density at radius 1 is 1.00 bits per heavy atom. The molecule has 6 heteroatoms. The van der Waals surface area contributed by atoms with Crippen LogP contribution >= 0.6 is 14.7 Å². The molecule has 0 saturated heterocycles. The first kappa shape index (κ1) is 23.6.